The quantitative estimate of drug-likeness (QED) is 0.525. The molecule has 1 N–H and O–H groups in total. The number of benzene rings is 1. The number of hydrogen-bond acceptors (Lipinski definition) is 3. The largest absolute Gasteiger partial charge is 0.350 e. The van der Waals surface area contributed by atoms with Gasteiger partial charge in [-0.25, -0.2) is 0 Å². The number of hydrogen-bond donors (Lipinski definition) is 1. The van der Waals surface area contributed by atoms with Gasteiger partial charge in [-0.15, -0.1) is 0 Å². The molecule has 2 fully saturated rings. The lowest BCUT2D eigenvalue weighted by Gasteiger charge is -2.22. The lowest BCUT2D eigenvalue weighted by Crippen LogP contribution is -2.37. The van der Waals surface area contributed by atoms with Crippen LogP contribution < -0.4 is 5.32 Å². The summed E-state index contributed by atoms with van der Waals surface area (Å²) >= 11 is 0. The van der Waals surface area contributed by atoms with Gasteiger partial charge in [0.05, 0.1) is 4.92 Å². The van der Waals surface area contributed by atoms with E-state index in [0.717, 1.165) is 17.9 Å². The van der Waals surface area contributed by atoms with E-state index >= 15 is 0 Å². The Kier molecular flexibility index (Phi) is 3.73. The van der Waals surface area contributed by atoms with E-state index in [1.807, 2.05) is 0 Å². The minimum atomic E-state index is -0.435. The fraction of sp³-hybridized carbons (Fsp3) is 0.438. The molecule has 2 aliphatic carbocycles. The Morgan fingerprint density at radius 3 is 2.57 bits per heavy atom. The summed E-state index contributed by atoms with van der Waals surface area (Å²) in [5.74, 6) is 1.39. The summed E-state index contributed by atoms with van der Waals surface area (Å²) in [6, 6.07) is 6.48. The predicted octanol–water partition coefficient (Wildman–Crippen LogP) is 2.91. The second-order valence-electron chi connectivity index (χ2n) is 5.97. The average molecular weight is 286 g/mol. The van der Waals surface area contributed by atoms with Crippen LogP contribution in [0.5, 0.6) is 0 Å². The van der Waals surface area contributed by atoms with Gasteiger partial charge in [-0.05, 0) is 54.9 Å². The highest BCUT2D eigenvalue weighted by Crippen LogP contribution is 2.44. The Morgan fingerprint density at radius 2 is 2.00 bits per heavy atom. The molecular formula is C16H18N2O3. The Balaban J connectivity index is 1.55. The Hall–Kier alpha value is -2.17. The molecule has 2 aliphatic rings. The molecule has 5 heteroatoms. The molecule has 3 rings (SSSR count). The number of carbonyl (C=O) groups is 1. The van der Waals surface area contributed by atoms with Crippen LogP contribution in [0, 0.1) is 22.0 Å². The standard InChI is InChI=1S/C16H18N2O3/c19-16(17-15-10-12-1-5-13(15)9-12)8-4-11-2-6-14(7-3-11)18(20)21/h2-4,6-8,12-13,15H,1,5,9-10H2,(H,17,19)/b8-4+. The van der Waals surface area contributed by atoms with Gasteiger partial charge in [-0.1, -0.05) is 6.42 Å². The molecule has 0 saturated heterocycles. The molecule has 5 nitrogen and oxygen atoms in total. The zero-order valence-electron chi connectivity index (χ0n) is 11.7. The molecule has 0 aromatic heterocycles. The molecule has 0 spiro atoms. The molecule has 0 heterocycles. The van der Waals surface area contributed by atoms with Crippen LogP contribution in [0.1, 0.15) is 31.2 Å². The minimum absolute atomic E-state index is 0.0542. The van der Waals surface area contributed by atoms with Crippen LogP contribution >= 0.6 is 0 Å². The van der Waals surface area contributed by atoms with Crippen LogP contribution in [-0.2, 0) is 4.79 Å². The molecule has 1 aromatic rings. The van der Waals surface area contributed by atoms with Gasteiger partial charge in [-0.3, -0.25) is 14.9 Å². The number of carbonyl (C=O) groups excluding carboxylic acids is 1. The van der Waals surface area contributed by atoms with Gasteiger partial charge in [0.25, 0.3) is 5.69 Å². The number of rotatable bonds is 4. The Bertz CT molecular complexity index is 580. The average Bonchev–Trinajstić information content (AvgIpc) is 3.08. The summed E-state index contributed by atoms with van der Waals surface area (Å²) in [5.41, 5.74) is 0.835. The predicted molar refractivity (Wildman–Crippen MR) is 79.5 cm³/mol. The summed E-state index contributed by atoms with van der Waals surface area (Å²) in [4.78, 5) is 22.0. The van der Waals surface area contributed by atoms with Gasteiger partial charge in [-0.2, -0.15) is 0 Å². The van der Waals surface area contributed by atoms with Crippen LogP contribution in [0.4, 0.5) is 5.69 Å². The summed E-state index contributed by atoms with van der Waals surface area (Å²) in [6.07, 6.45) is 8.12. The second kappa shape index (κ2) is 5.68. The maximum atomic E-state index is 11.9. The van der Waals surface area contributed by atoms with Crippen molar-refractivity contribution in [1.82, 2.24) is 5.32 Å². The topological polar surface area (TPSA) is 72.2 Å². The summed E-state index contributed by atoms with van der Waals surface area (Å²) in [6.45, 7) is 0. The van der Waals surface area contributed by atoms with E-state index < -0.39 is 4.92 Å². The molecule has 0 radical (unpaired) electrons. The van der Waals surface area contributed by atoms with E-state index in [4.69, 9.17) is 0 Å². The number of non-ortho nitro benzene ring substituents is 1. The summed E-state index contributed by atoms with van der Waals surface area (Å²) in [5, 5.41) is 13.6. The molecule has 21 heavy (non-hydrogen) atoms. The first-order chi connectivity index (χ1) is 10.1. The molecule has 3 atom stereocenters. The maximum Gasteiger partial charge on any atom is 0.269 e. The highest BCUT2D eigenvalue weighted by atomic mass is 16.6. The van der Waals surface area contributed by atoms with Crippen LogP contribution in [0.2, 0.25) is 0 Å². The van der Waals surface area contributed by atoms with Crippen LogP contribution in [0.3, 0.4) is 0 Å². The number of nitro benzene ring substituents is 1. The third kappa shape index (κ3) is 3.12. The van der Waals surface area contributed by atoms with Crippen molar-refractivity contribution >= 4 is 17.7 Å². The molecule has 110 valence electrons. The number of fused-ring (bicyclic) bond motifs is 2. The first kappa shape index (κ1) is 13.8. The van der Waals surface area contributed by atoms with Crippen molar-refractivity contribution in [2.45, 2.75) is 31.7 Å². The fourth-order valence-electron chi connectivity index (χ4n) is 3.53. The van der Waals surface area contributed by atoms with E-state index in [0.29, 0.717) is 12.0 Å². The van der Waals surface area contributed by atoms with Gasteiger partial charge >= 0.3 is 0 Å². The minimum Gasteiger partial charge on any atom is -0.350 e. The third-order valence-electron chi connectivity index (χ3n) is 4.60. The van der Waals surface area contributed by atoms with Gasteiger partial charge in [0.2, 0.25) is 5.91 Å². The lowest BCUT2D eigenvalue weighted by molar-refractivity contribution is -0.384. The number of nitrogens with zero attached hydrogens (tertiary/aromatic N) is 1. The normalized spacial score (nSPS) is 27.1. The highest BCUT2D eigenvalue weighted by Gasteiger charge is 2.39. The zero-order chi connectivity index (χ0) is 14.8. The van der Waals surface area contributed by atoms with Crippen molar-refractivity contribution < 1.29 is 9.72 Å². The van der Waals surface area contributed by atoms with Crippen molar-refractivity contribution in [1.29, 1.82) is 0 Å². The lowest BCUT2D eigenvalue weighted by atomic mass is 9.95. The van der Waals surface area contributed by atoms with Gasteiger partial charge in [0.1, 0.15) is 0 Å². The molecule has 0 aliphatic heterocycles. The SMILES string of the molecule is O=C(/C=C/c1ccc([N+](=O)[O-])cc1)NC1CC2CCC1C2. The van der Waals surface area contributed by atoms with E-state index in [9.17, 15) is 14.9 Å². The van der Waals surface area contributed by atoms with Crippen molar-refractivity contribution in [2.75, 3.05) is 0 Å². The van der Waals surface area contributed by atoms with Crippen molar-refractivity contribution in [2.24, 2.45) is 11.8 Å². The zero-order valence-corrected chi connectivity index (χ0v) is 11.7. The first-order valence-corrected chi connectivity index (χ1v) is 7.35. The molecule has 2 bridgehead atoms. The van der Waals surface area contributed by atoms with Crippen LogP contribution in [0.15, 0.2) is 30.3 Å². The number of nitrogens with one attached hydrogen (secondary N) is 1. The Morgan fingerprint density at radius 1 is 1.24 bits per heavy atom. The third-order valence-corrected chi connectivity index (χ3v) is 4.60. The van der Waals surface area contributed by atoms with Crippen molar-refractivity contribution in [3.63, 3.8) is 0 Å². The summed E-state index contributed by atoms with van der Waals surface area (Å²) in [7, 11) is 0. The maximum absolute atomic E-state index is 11.9. The smallest absolute Gasteiger partial charge is 0.269 e. The van der Waals surface area contributed by atoms with Crippen molar-refractivity contribution in [3.8, 4) is 0 Å². The van der Waals surface area contributed by atoms with E-state index in [2.05, 4.69) is 5.32 Å². The molecular weight excluding hydrogens is 268 g/mol. The summed E-state index contributed by atoms with van der Waals surface area (Å²) < 4.78 is 0. The van der Waals surface area contributed by atoms with Crippen LogP contribution in [-0.4, -0.2) is 16.9 Å². The number of amides is 1. The molecule has 2 saturated carbocycles. The molecule has 3 unspecified atom stereocenters. The van der Waals surface area contributed by atoms with E-state index in [1.165, 1.54) is 37.5 Å². The molecule has 1 aromatic carbocycles. The fourth-order valence-corrected chi connectivity index (χ4v) is 3.53. The van der Waals surface area contributed by atoms with Gasteiger partial charge < -0.3 is 5.32 Å². The number of nitro groups is 1. The van der Waals surface area contributed by atoms with E-state index in [-0.39, 0.29) is 11.6 Å². The molecule has 1 amide bonds. The highest BCUT2D eigenvalue weighted by molar-refractivity contribution is 5.92. The van der Waals surface area contributed by atoms with E-state index in [1.54, 1.807) is 18.2 Å². The van der Waals surface area contributed by atoms with Crippen molar-refractivity contribution in [3.05, 3.63) is 46.0 Å². The first-order valence-electron chi connectivity index (χ1n) is 7.35. The second-order valence-corrected chi connectivity index (χ2v) is 5.97. The van der Waals surface area contributed by atoms with Crippen LogP contribution in [0.25, 0.3) is 6.08 Å². The van der Waals surface area contributed by atoms with Gasteiger partial charge in [0.15, 0.2) is 0 Å². The monoisotopic (exact) mass is 286 g/mol. The Labute approximate surface area is 123 Å². The van der Waals surface area contributed by atoms with Gasteiger partial charge in [0, 0.05) is 24.3 Å².